The van der Waals surface area contributed by atoms with Crippen molar-refractivity contribution in [2.24, 2.45) is 0 Å². The maximum Gasteiger partial charge on any atom is 0.239 e. The van der Waals surface area contributed by atoms with Crippen LogP contribution in [-0.4, -0.2) is 30.4 Å². The maximum atomic E-state index is 12.1. The Hall–Kier alpha value is -0.390. The lowest BCUT2D eigenvalue weighted by molar-refractivity contribution is -0.131. The summed E-state index contributed by atoms with van der Waals surface area (Å²) in [5, 5.41) is 3.50. The summed E-state index contributed by atoms with van der Waals surface area (Å²) < 4.78 is 1.19. The summed E-state index contributed by atoms with van der Waals surface area (Å²) in [6.07, 6.45) is 3.48. The number of thiophene rings is 1. The molecule has 106 valence electrons. The van der Waals surface area contributed by atoms with Crippen LogP contribution < -0.4 is 5.32 Å². The second kappa shape index (κ2) is 6.37. The van der Waals surface area contributed by atoms with Crippen LogP contribution in [0.4, 0.5) is 0 Å². The number of aryl methyl sites for hydroxylation is 1. The number of rotatable bonds is 4. The van der Waals surface area contributed by atoms with Gasteiger partial charge in [-0.1, -0.05) is 0 Å². The van der Waals surface area contributed by atoms with Gasteiger partial charge in [0, 0.05) is 24.5 Å². The van der Waals surface area contributed by atoms with E-state index in [4.69, 9.17) is 0 Å². The Kier molecular flexibility index (Phi) is 5.03. The lowest BCUT2D eigenvalue weighted by Gasteiger charge is -2.28. The number of carbonyl (C=O) groups is 1. The standard InChI is InChI=1S/C14H21BrN2OS/c1-4-17(3)14(18)9(2)16-11-6-5-7-12-10(11)8-13(15)19-12/h8-9,11,16H,4-7H2,1-3H3. The Morgan fingerprint density at radius 3 is 3.11 bits per heavy atom. The van der Waals surface area contributed by atoms with Crippen molar-refractivity contribution in [2.45, 2.75) is 45.2 Å². The molecule has 1 aliphatic carbocycles. The van der Waals surface area contributed by atoms with Crippen LogP contribution in [-0.2, 0) is 11.2 Å². The molecule has 0 saturated carbocycles. The molecule has 1 aliphatic rings. The lowest BCUT2D eigenvalue weighted by Crippen LogP contribution is -2.44. The highest BCUT2D eigenvalue weighted by atomic mass is 79.9. The van der Waals surface area contributed by atoms with Crippen molar-refractivity contribution < 1.29 is 4.79 Å². The fraction of sp³-hybridized carbons (Fsp3) is 0.643. The smallest absolute Gasteiger partial charge is 0.239 e. The SMILES string of the molecule is CCN(C)C(=O)C(C)NC1CCCc2sc(Br)cc21. The van der Waals surface area contributed by atoms with Crippen molar-refractivity contribution in [1.82, 2.24) is 10.2 Å². The van der Waals surface area contributed by atoms with Gasteiger partial charge in [0.2, 0.25) is 5.91 Å². The monoisotopic (exact) mass is 344 g/mol. The van der Waals surface area contributed by atoms with E-state index in [-0.39, 0.29) is 11.9 Å². The Morgan fingerprint density at radius 2 is 2.42 bits per heavy atom. The zero-order valence-corrected chi connectivity index (χ0v) is 14.1. The molecule has 19 heavy (non-hydrogen) atoms. The van der Waals surface area contributed by atoms with Gasteiger partial charge in [0.15, 0.2) is 0 Å². The van der Waals surface area contributed by atoms with Crippen LogP contribution in [0.2, 0.25) is 0 Å². The average Bonchev–Trinajstić information content (AvgIpc) is 2.78. The summed E-state index contributed by atoms with van der Waals surface area (Å²) in [5.41, 5.74) is 1.38. The summed E-state index contributed by atoms with van der Waals surface area (Å²) in [6, 6.07) is 2.40. The number of carbonyl (C=O) groups excluding carboxylic acids is 1. The average molecular weight is 345 g/mol. The molecule has 0 aliphatic heterocycles. The third kappa shape index (κ3) is 3.38. The molecule has 1 heterocycles. The molecule has 5 heteroatoms. The van der Waals surface area contributed by atoms with E-state index in [0.717, 1.165) is 13.0 Å². The third-order valence-electron chi connectivity index (χ3n) is 3.76. The number of likely N-dealkylation sites (N-methyl/N-ethyl adjacent to an activating group) is 1. The summed E-state index contributed by atoms with van der Waals surface area (Å²) in [7, 11) is 1.86. The lowest BCUT2D eigenvalue weighted by atomic mass is 9.93. The number of nitrogens with zero attached hydrogens (tertiary/aromatic N) is 1. The zero-order chi connectivity index (χ0) is 14.0. The van der Waals surface area contributed by atoms with Gasteiger partial charge in [-0.25, -0.2) is 0 Å². The minimum atomic E-state index is -0.125. The van der Waals surface area contributed by atoms with Gasteiger partial charge in [0.25, 0.3) is 0 Å². The van der Waals surface area contributed by atoms with E-state index >= 15 is 0 Å². The van der Waals surface area contributed by atoms with Crippen LogP contribution in [0, 0.1) is 0 Å². The first kappa shape index (κ1) is 15.0. The molecule has 2 atom stereocenters. The first-order chi connectivity index (χ1) is 9.02. The van der Waals surface area contributed by atoms with Crippen molar-refractivity contribution in [3.63, 3.8) is 0 Å². The second-order valence-corrected chi connectivity index (χ2v) is 7.63. The molecule has 3 nitrogen and oxygen atoms in total. The van der Waals surface area contributed by atoms with Gasteiger partial charge in [0.05, 0.1) is 9.83 Å². The number of halogens is 1. The van der Waals surface area contributed by atoms with Crippen molar-refractivity contribution in [3.8, 4) is 0 Å². The molecule has 0 spiro atoms. The summed E-state index contributed by atoms with van der Waals surface area (Å²) in [5.74, 6) is 0.170. The Labute approximate surface area is 127 Å². The van der Waals surface area contributed by atoms with E-state index in [9.17, 15) is 4.79 Å². The molecule has 0 saturated heterocycles. The molecule has 0 radical (unpaired) electrons. The van der Waals surface area contributed by atoms with Gasteiger partial charge >= 0.3 is 0 Å². The highest BCUT2D eigenvalue weighted by Gasteiger charge is 2.26. The van der Waals surface area contributed by atoms with Gasteiger partial charge in [-0.2, -0.15) is 0 Å². The van der Waals surface area contributed by atoms with E-state index in [1.54, 1.807) is 4.90 Å². The molecular formula is C14H21BrN2OS. The topological polar surface area (TPSA) is 32.3 Å². The van der Waals surface area contributed by atoms with Gasteiger partial charge in [-0.3, -0.25) is 10.1 Å². The van der Waals surface area contributed by atoms with E-state index in [1.165, 1.54) is 27.1 Å². The maximum absolute atomic E-state index is 12.1. The molecule has 0 fully saturated rings. The number of amides is 1. The van der Waals surface area contributed by atoms with E-state index in [0.29, 0.717) is 6.04 Å². The summed E-state index contributed by atoms with van der Waals surface area (Å²) >= 11 is 5.39. The van der Waals surface area contributed by atoms with Gasteiger partial charge in [-0.15, -0.1) is 11.3 Å². The number of hydrogen-bond donors (Lipinski definition) is 1. The normalized spacial score (nSPS) is 19.9. The fourth-order valence-electron chi connectivity index (χ4n) is 2.55. The molecule has 1 aromatic rings. The fourth-order valence-corrected chi connectivity index (χ4v) is 4.37. The van der Waals surface area contributed by atoms with Gasteiger partial charge < -0.3 is 4.90 Å². The molecular weight excluding hydrogens is 324 g/mol. The highest BCUT2D eigenvalue weighted by molar-refractivity contribution is 9.11. The molecule has 0 aromatic carbocycles. The number of nitrogens with one attached hydrogen (secondary N) is 1. The zero-order valence-electron chi connectivity index (χ0n) is 11.7. The van der Waals surface area contributed by atoms with Gasteiger partial charge in [0.1, 0.15) is 0 Å². The van der Waals surface area contributed by atoms with Crippen molar-refractivity contribution >= 4 is 33.2 Å². The number of fused-ring (bicyclic) bond motifs is 1. The van der Waals surface area contributed by atoms with E-state index in [2.05, 4.69) is 27.3 Å². The molecule has 2 rings (SSSR count). The molecule has 1 amide bonds. The quantitative estimate of drug-likeness (QED) is 0.908. The third-order valence-corrected chi connectivity index (χ3v) is 5.47. The van der Waals surface area contributed by atoms with Crippen LogP contribution >= 0.6 is 27.3 Å². The molecule has 1 N–H and O–H groups in total. The van der Waals surface area contributed by atoms with E-state index in [1.807, 2.05) is 32.2 Å². The van der Waals surface area contributed by atoms with Crippen molar-refractivity contribution in [1.29, 1.82) is 0 Å². The minimum absolute atomic E-state index is 0.125. The molecule has 0 bridgehead atoms. The first-order valence-electron chi connectivity index (χ1n) is 6.82. The van der Waals surface area contributed by atoms with Crippen molar-refractivity contribution in [3.05, 3.63) is 20.3 Å². The highest BCUT2D eigenvalue weighted by Crippen LogP contribution is 2.38. The molecule has 2 unspecified atom stereocenters. The van der Waals surface area contributed by atoms with Crippen LogP contribution in [0.5, 0.6) is 0 Å². The number of hydrogen-bond acceptors (Lipinski definition) is 3. The Balaban J connectivity index is 2.06. The summed E-state index contributed by atoms with van der Waals surface area (Å²) in [6.45, 7) is 4.72. The predicted octanol–water partition coefficient (Wildman–Crippen LogP) is 3.34. The predicted molar refractivity (Wildman–Crippen MR) is 83.6 cm³/mol. The largest absolute Gasteiger partial charge is 0.345 e. The summed E-state index contributed by atoms with van der Waals surface area (Å²) in [4.78, 5) is 15.3. The second-order valence-electron chi connectivity index (χ2n) is 5.11. The van der Waals surface area contributed by atoms with Crippen molar-refractivity contribution in [2.75, 3.05) is 13.6 Å². The molecule has 1 aromatic heterocycles. The van der Waals surface area contributed by atoms with Gasteiger partial charge in [-0.05, 0) is 60.7 Å². The van der Waals surface area contributed by atoms with Crippen LogP contribution in [0.25, 0.3) is 0 Å². The Bertz CT molecular complexity index is 460. The van der Waals surface area contributed by atoms with Crippen LogP contribution in [0.3, 0.4) is 0 Å². The van der Waals surface area contributed by atoms with E-state index < -0.39 is 0 Å². The first-order valence-corrected chi connectivity index (χ1v) is 8.43. The van der Waals surface area contributed by atoms with Crippen LogP contribution in [0.15, 0.2) is 9.85 Å². The Morgan fingerprint density at radius 1 is 1.68 bits per heavy atom. The van der Waals surface area contributed by atoms with Crippen LogP contribution in [0.1, 0.15) is 43.2 Å². The minimum Gasteiger partial charge on any atom is -0.345 e.